The first-order valence-corrected chi connectivity index (χ1v) is 10.4. The molecule has 1 unspecified atom stereocenters. The molecule has 1 aromatic heterocycles. The van der Waals surface area contributed by atoms with Crippen LogP contribution in [0.4, 0.5) is 18.9 Å². The molecule has 10 heteroatoms. The van der Waals surface area contributed by atoms with Gasteiger partial charge in [0.25, 0.3) is 0 Å². The standard InChI is InChI=1S/C21H21F3N4O2S/c1-3-10-28-17-11-14(21(22,23)24)6-9-16(17)27-20(28)31-12(2)19(30)26-15-7-4-13(5-8-15)18(25)29/h4-9,11-12H,3,10H2,1-2H3,(H2,25,29)(H,26,30). The number of nitrogens with zero attached hydrogens (tertiary/aromatic N) is 2. The SMILES string of the molecule is CCCn1c(SC(C)C(=O)Nc2ccc(C(N)=O)cc2)nc2ccc(C(F)(F)F)cc21. The molecule has 0 radical (unpaired) electrons. The summed E-state index contributed by atoms with van der Waals surface area (Å²) in [6, 6.07) is 9.60. The summed E-state index contributed by atoms with van der Waals surface area (Å²) in [6.45, 7) is 4.08. The third-order valence-corrected chi connectivity index (χ3v) is 5.67. The highest BCUT2D eigenvalue weighted by molar-refractivity contribution is 8.00. The van der Waals surface area contributed by atoms with Gasteiger partial charge in [-0.15, -0.1) is 0 Å². The topological polar surface area (TPSA) is 90.0 Å². The van der Waals surface area contributed by atoms with Crippen LogP contribution in [-0.4, -0.2) is 26.6 Å². The van der Waals surface area contributed by atoms with Gasteiger partial charge in [0, 0.05) is 17.8 Å². The highest BCUT2D eigenvalue weighted by atomic mass is 32.2. The molecular formula is C21H21F3N4O2S. The molecule has 3 rings (SSSR count). The highest BCUT2D eigenvalue weighted by Crippen LogP contribution is 2.34. The number of hydrogen-bond acceptors (Lipinski definition) is 4. The van der Waals surface area contributed by atoms with Crippen molar-refractivity contribution in [3.05, 3.63) is 53.6 Å². The van der Waals surface area contributed by atoms with E-state index in [4.69, 9.17) is 5.73 Å². The number of alkyl halides is 3. The Balaban J connectivity index is 1.81. The molecule has 6 nitrogen and oxygen atoms in total. The molecule has 0 spiro atoms. The summed E-state index contributed by atoms with van der Waals surface area (Å²) >= 11 is 1.17. The van der Waals surface area contributed by atoms with Gasteiger partial charge in [0.2, 0.25) is 11.8 Å². The van der Waals surface area contributed by atoms with Crippen molar-refractivity contribution in [2.24, 2.45) is 5.73 Å². The number of aromatic nitrogens is 2. The number of halogens is 3. The average Bonchev–Trinajstić information content (AvgIpc) is 3.04. The van der Waals surface area contributed by atoms with E-state index in [-0.39, 0.29) is 5.91 Å². The Bertz CT molecular complexity index is 1110. The summed E-state index contributed by atoms with van der Waals surface area (Å²) in [5.74, 6) is -0.867. The first-order valence-electron chi connectivity index (χ1n) is 9.55. The van der Waals surface area contributed by atoms with Crippen LogP contribution in [0.1, 0.15) is 36.2 Å². The number of nitrogens with two attached hydrogens (primary N) is 1. The molecule has 31 heavy (non-hydrogen) atoms. The number of aryl methyl sites for hydroxylation is 1. The summed E-state index contributed by atoms with van der Waals surface area (Å²) in [7, 11) is 0. The predicted octanol–water partition coefficient (Wildman–Crippen LogP) is 4.68. The molecule has 0 aliphatic rings. The second kappa shape index (κ2) is 9.01. The van der Waals surface area contributed by atoms with Crippen molar-refractivity contribution in [2.75, 3.05) is 5.32 Å². The van der Waals surface area contributed by atoms with Crippen LogP contribution in [0.3, 0.4) is 0 Å². The predicted molar refractivity (Wildman–Crippen MR) is 114 cm³/mol. The van der Waals surface area contributed by atoms with Gasteiger partial charge in [-0.05, 0) is 55.8 Å². The van der Waals surface area contributed by atoms with E-state index in [2.05, 4.69) is 10.3 Å². The fourth-order valence-corrected chi connectivity index (χ4v) is 3.93. The number of thioether (sulfide) groups is 1. The minimum Gasteiger partial charge on any atom is -0.366 e. The van der Waals surface area contributed by atoms with E-state index >= 15 is 0 Å². The molecule has 0 fully saturated rings. The van der Waals surface area contributed by atoms with Gasteiger partial charge >= 0.3 is 6.18 Å². The zero-order valence-electron chi connectivity index (χ0n) is 16.9. The van der Waals surface area contributed by atoms with Crippen LogP contribution < -0.4 is 11.1 Å². The molecule has 0 aliphatic carbocycles. The lowest BCUT2D eigenvalue weighted by Crippen LogP contribution is -2.23. The first kappa shape index (κ1) is 22.7. The molecule has 0 saturated carbocycles. The number of hydrogen-bond donors (Lipinski definition) is 2. The molecule has 0 saturated heterocycles. The van der Waals surface area contributed by atoms with E-state index in [1.807, 2.05) is 6.92 Å². The smallest absolute Gasteiger partial charge is 0.366 e. The van der Waals surface area contributed by atoms with Crippen LogP contribution in [0.25, 0.3) is 11.0 Å². The molecule has 3 N–H and O–H groups in total. The number of carbonyl (C=O) groups excluding carboxylic acids is 2. The largest absolute Gasteiger partial charge is 0.416 e. The molecule has 0 aliphatic heterocycles. The van der Waals surface area contributed by atoms with E-state index in [0.717, 1.165) is 12.1 Å². The van der Waals surface area contributed by atoms with Crippen molar-refractivity contribution >= 4 is 40.3 Å². The van der Waals surface area contributed by atoms with E-state index in [1.165, 1.54) is 30.0 Å². The zero-order valence-corrected chi connectivity index (χ0v) is 17.7. The fourth-order valence-electron chi connectivity index (χ4n) is 2.98. The second-order valence-electron chi connectivity index (χ2n) is 6.94. The Morgan fingerprint density at radius 2 is 1.87 bits per heavy atom. The normalized spacial score (nSPS) is 12.7. The minimum atomic E-state index is -4.44. The minimum absolute atomic E-state index is 0.303. The maximum absolute atomic E-state index is 13.1. The molecule has 2 amide bonds. The maximum atomic E-state index is 13.1. The number of rotatable bonds is 7. The zero-order chi connectivity index (χ0) is 22.8. The third-order valence-electron chi connectivity index (χ3n) is 4.58. The number of nitrogens with one attached hydrogen (secondary N) is 1. The summed E-state index contributed by atoms with van der Waals surface area (Å²) in [5.41, 5.74) is 6.12. The lowest BCUT2D eigenvalue weighted by atomic mass is 10.2. The molecule has 3 aromatic rings. The van der Waals surface area contributed by atoms with Gasteiger partial charge in [0.15, 0.2) is 5.16 Å². The van der Waals surface area contributed by atoms with Gasteiger partial charge < -0.3 is 15.6 Å². The molecule has 1 heterocycles. The number of carbonyl (C=O) groups is 2. The Labute approximate surface area is 181 Å². The summed E-state index contributed by atoms with van der Waals surface area (Å²) in [4.78, 5) is 28.2. The van der Waals surface area contributed by atoms with Crippen LogP contribution in [0.15, 0.2) is 47.6 Å². The van der Waals surface area contributed by atoms with E-state index in [9.17, 15) is 22.8 Å². The number of benzene rings is 2. The van der Waals surface area contributed by atoms with Gasteiger partial charge in [-0.3, -0.25) is 9.59 Å². The quantitative estimate of drug-likeness (QED) is 0.512. The fraction of sp³-hybridized carbons (Fsp3) is 0.286. The van der Waals surface area contributed by atoms with Crippen molar-refractivity contribution in [1.29, 1.82) is 0 Å². The summed E-state index contributed by atoms with van der Waals surface area (Å²) < 4.78 is 41.1. The lowest BCUT2D eigenvalue weighted by Gasteiger charge is -2.13. The Morgan fingerprint density at radius 1 is 1.19 bits per heavy atom. The monoisotopic (exact) mass is 450 g/mol. The van der Waals surface area contributed by atoms with Crippen LogP contribution in [0.2, 0.25) is 0 Å². The molecule has 0 bridgehead atoms. The number of anilines is 1. The van der Waals surface area contributed by atoms with Crippen molar-refractivity contribution < 1.29 is 22.8 Å². The third kappa shape index (κ3) is 5.19. The molecule has 2 aromatic carbocycles. The van der Waals surface area contributed by atoms with Gasteiger partial charge in [0.1, 0.15) is 0 Å². The van der Waals surface area contributed by atoms with Crippen molar-refractivity contribution in [2.45, 2.75) is 43.4 Å². The Hall–Kier alpha value is -3.01. The van der Waals surface area contributed by atoms with Crippen LogP contribution in [0.5, 0.6) is 0 Å². The van der Waals surface area contributed by atoms with Crippen molar-refractivity contribution in [3.8, 4) is 0 Å². The van der Waals surface area contributed by atoms with Crippen LogP contribution >= 0.6 is 11.8 Å². The molecule has 1 atom stereocenters. The van der Waals surface area contributed by atoms with Gasteiger partial charge in [-0.25, -0.2) is 4.98 Å². The van der Waals surface area contributed by atoms with E-state index in [0.29, 0.717) is 40.4 Å². The van der Waals surface area contributed by atoms with Gasteiger partial charge in [-0.2, -0.15) is 13.2 Å². The summed E-state index contributed by atoms with van der Waals surface area (Å²) in [6.07, 6.45) is -3.75. The van der Waals surface area contributed by atoms with Crippen LogP contribution in [-0.2, 0) is 17.5 Å². The molecule has 164 valence electrons. The summed E-state index contributed by atoms with van der Waals surface area (Å²) in [5, 5.41) is 2.66. The molecular weight excluding hydrogens is 429 g/mol. The Morgan fingerprint density at radius 3 is 2.45 bits per heavy atom. The average molecular weight is 450 g/mol. The van der Waals surface area contributed by atoms with Gasteiger partial charge in [0.05, 0.1) is 21.8 Å². The van der Waals surface area contributed by atoms with E-state index < -0.39 is 22.9 Å². The van der Waals surface area contributed by atoms with Crippen LogP contribution in [0, 0.1) is 0 Å². The van der Waals surface area contributed by atoms with Crippen molar-refractivity contribution in [1.82, 2.24) is 9.55 Å². The van der Waals surface area contributed by atoms with Gasteiger partial charge in [-0.1, -0.05) is 18.7 Å². The number of fused-ring (bicyclic) bond motifs is 1. The lowest BCUT2D eigenvalue weighted by molar-refractivity contribution is -0.137. The Kier molecular flexibility index (Phi) is 6.59. The van der Waals surface area contributed by atoms with E-state index in [1.54, 1.807) is 23.6 Å². The number of amides is 2. The maximum Gasteiger partial charge on any atom is 0.416 e. The highest BCUT2D eigenvalue weighted by Gasteiger charge is 2.31. The number of imidazole rings is 1. The second-order valence-corrected chi connectivity index (χ2v) is 8.25. The number of primary amides is 1. The first-order chi connectivity index (χ1) is 14.6. The van der Waals surface area contributed by atoms with Crippen molar-refractivity contribution in [3.63, 3.8) is 0 Å².